The van der Waals surface area contributed by atoms with Crippen molar-refractivity contribution < 1.29 is 13.9 Å². The third-order valence-corrected chi connectivity index (χ3v) is 4.37. The number of hydrogen-bond acceptors (Lipinski definition) is 3. The lowest BCUT2D eigenvalue weighted by atomic mass is 10.0. The van der Waals surface area contributed by atoms with E-state index in [9.17, 15) is 9.18 Å². The molecule has 28 heavy (non-hydrogen) atoms. The van der Waals surface area contributed by atoms with Crippen LogP contribution in [0.15, 0.2) is 61.2 Å². The summed E-state index contributed by atoms with van der Waals surface area (Å²) < 4.78 is 18.7. The van der Waals surface area contributed by atoms with Gasteiger partial charge in [-0.1, -0.05) is 18.9 Å². The highest BCUT2D eigenvalue weighted by molar-refractivity contribution is 6.08. The van der Waals surface area contributed by atoms with Crippen molar-refractivity contribution in [2.24, 2.45) is 0 Å². The van der Waals surface area contributed by atoms with Crippen molar-refractivity contribution in [2.75, 3.05) is 26.7 Å². The van der Waals surface area contributed by atoms with Gasteiger partial charge in [-0.25, -0.2) is 4.39 Å². The molecule has 0 saturated carbocycles. The third-order valence-electron chi connectivity index (χ3n) is 4.37. The third kappa shape index (κ3) is 8.24. The van der Waals surface area contributed by atoms with Crippen molar-refractivity contribution in [2.45, 2.75) is 25.7 Å². The lowest BCUT2D eigenvalue weighted by molar-refractivity contribution is 0.103. The summed E-state index contributed by atoms with van der Waals surface area (Å²) in [4.78, 5) is 14.6. The topological polar surface area (TPSA) is 29.5 Å². The number of rotatable bonds is 12. The summed E-state index contributed by atoms with van der Waals surface area (Å²) in [7, 11) is 2.11. The zero-order chi connectivity index (χ0) is 19.5. The molecule has 0 saturated heterocycles. The van der Waals surface area contributed by atoms with Gasteiger partial charge in [0.1, 0.15) is 11.6 Å². The fourth-order valence-electron chi connectivity index (χ4n) is 2.81. The summed E-state index contributed by atoms with van der Waals surface area (Å²) in [5.74, 6) is 0.290. The molecule has 2 aromatic carbocycles. The SMILES string of the molecule is C=CCN(C)CCCCCCOc1ccc(C(=O)c2ccc(F)cc2)cc1.Cl. The van der Waals surface area contributed by atoms with Crippen molar-refractivity contribution in [3.63, 3.8) is 0 Å². The second-order valence-corrected chi connectivity index (χ2v) is 6.67. The number of ketones is 1. The predicted octanol–water partition coefficient (Wildman–Crippen LogP) is 5.54. The smallest absolute Gasteiger partial charge is 0.193 e. The maximum absolute atomic E-state index is 13.0. The first-order valence-corrected chi connectivity index (χ1v) is 9.42. The van der Waals surface area contributed by atoms with Crippen LogP contribution in [0.25, 0.3) is 0 Å². The molecule has 0 atom stereocenters. The van der Waals surface area contributed by atoms with E-state index < -0.39 is 0 Å². The number of carbonyl (C=O) groups is 1. The number of carbonyl (C=O) groups excluding carboxylic acids is 1. The highest BCUT2D eigenvalue weighted by Gasteiger charge is 2.09. The lowest BCUT2D eigenvalue weighted by Gasteiger charge is -2.13. The van der Waals surface area contributed by atoms with E-state index in [4.69, 9.17) is 4.74 Å². The van der Waals surface area contributed by atoms with Crippen LogP contribution in [0.2, 0.25) is 0 Å². The number of unbranched alkanes of at least 4 members (excludes halogenated alkanes) is 3. The fourth-order valence-corrected chi connectivity index (χ4v) is 2.81. The van der Waals surface area contributed by atoms with Gasteiger partial charge in [-0.15, -0.1) is 19.0 Å². The molecule has 3 nitrogen and oxygen atoms in total. The molecule has 0 radical (unpaired) electrons. The summed E-state index contributed by atoms with van der Waals surface area (Å²) in [5, 5.41) is 0. The van der Waals surface area contributed by atoms with E-state index in [1.54, 1.807) is 24.3 Å². The molecule has 0 amide bonds. The highest BCUT2D eigenvalue weighted by atomic mass is 35.5. The summed E-state index contributed by atoms with van der Waals surface area (Å²) >= 11 is 0. The first kappa shape index (κ1) is 23.9. The minimum Gasteiger partial charge on any atom is -0.494 e. The van der Waals surface area contributed by atoms with Crippen molar-refractivity contribution in [1.82, 2.24) is 4.90 Å². The summed E-state index contributed by atoms with van der Waals surface area (Å²) in [5.41, 5.74) is 1.04. The Labute approximate surface area is 173 Å². The Morgan fingerprint density at radius 3 is 2.18 bits per heavy atom. The van der Waals surface area contributed by atoms with Crippen LogP contribution < -0.4 is 4.74 Å². The number of nitrogens with zero attached hydrogens (tertiary/aromatic N) is 1. The van der Waals surface area contributed by atoms with Crippen LogP contribution in [-0.4, -0.2) is 37.4 Å². The maximum Gasteiger partial charge on any atom is 0.193 e. The van der Waals surface area contributed by atoms with E-state index in [2.05, 4.69) is 18.5 Å². The van der Waals surface area contributed by atoms with Gasteiger partial charge in [0.25, 0.3) is 0 Å². The molecule has 2 aromatic rings. The molecule has 0 unspecified atom stereocenters. The molecule has 0 N–H and O–H groups in total. The largest absolute Gasteiger partial charge is 0.494 e. The molecule has 0 fully saturated rings. The molecule has 0 aliphatic heterocycles. The second-order valence-electron chi connectivity index (χ2n) is 6.67. The Bertz CT molecular complexity index is 716. The summed E-state index contributed by atoms with van der Waals surface area (Å²) in [6.45, 7) is 6.44. The molecule has 0 aromatic heterocycles. The first-order valence-electron chi connectivity index (χ1n) is 9.42. The van der Waals surface area contributed by atoms with Crippen LogP contribution in [0.4, 0.5) is 4.39 Å². The molecule has 2 rings (SSSR count). The number of hydrogen-bond donors (Lipinski definition) is 0. The quantitative estimate of drug-likeness (QED) is 0.264. The zero-order valence-corrected chi connectivity index (χ0v) is 17.2. The van der Waals surface area contributed by atoms with Gasteiger partial charge < -0.3 is 9.64 Å². The van der Waals surface area contributed by atoms with Gasteiger partial charge in [0.05, 0.1) is 6.61 Å². The first-order chi connectivity index (χ1) is 13.1. The minimum atomic E-state index is -0.348. The fraction of sp³-hybridized carbons (Fsp3) is 0.348. The van der Waals surface area contributed by atoms with E-state index in [1.165, 1.54) is 37.1 Å². The molecule has 152 valence electrons. The molecular formula is C23H29ClFNO2. The zero-order valence-electron chi connectivity index (χ0n) is 16.4. The average Bonchev–Trinajstić information content (AvgIpc) is 2.68. The molecule has 0 spiro atoms. The monoisotopic (exact) mass is 405 g/mol. The van der Waals surface area contributed by atoms with E-state index in [0.717, 1.165) is 31.7 Å². The van der Waals surface area contributed by atoms with Gasteiger partial charge in [-0.2, -0.15) is 0 Å². The Morgan fingerprint density at radius 2 is 1.57 bits per heavy atom. The van der Waals surface area contributed by atoms with Gasteiger partial charge >= 0.3 is 0 Å². The van der Waals surface area contributed by atoms with Gasteiger partial charge in [-0.3, -0.25) is 4.79 Å². The van der Waals surface area contributed by atoms with E-state index >= 15 is 0 Å². The van der Waals surface area contributed by atoms with Crippen molar-refractivity contribution in [1.29, 1.82) is 0 Å². The van der Waals surface area contributed by atoms with E-state index in [0.29, 0.717) is 17.7 Å². The highest BCUT2D eigenvalue weighted by Crippen LogP contribution is 2.16. The standard InChI is InChI=1S/C23H28FNO2.ClH/c1-3-16-25(2)17-6-4-5-7-18-27-22-14-10-20(11-15-22)23(26)19-8-12-21(24)13-9-19;/h3,8-15H,1,4-7,16-18H2,2H3;1H. The number of halogens is 2. The molecule has 0 bridgehead atoms. The van der Waals surface area contributed by atoms with Crippen LogP contribution in [0.3, 0.4) is 0 Å². The summed E-state index contributed by atoms with van der Waals surface area (Å²) in [6, 6.07) is 12.7. The van der Waals surface area contributed by atoms with E-state index in [1.807, 2.05) is 6.08 Å². The van der Waals surface area contributed by atoms with Crippen molar-refractivity contribution in [3.05, 3.63) is 78.1 Å². The van der Waals surface area contributed by atoms with Crippen LogP contribution in [0.1, 0.15) is 41.6 Å². The van der Waals surface area contributed by atoms with Crippen LogP contribution in [0.5, 0.6) is 5.75 Å². The minimum absolute atomic E-state index is 0. The number of benzene rings is 2. The number of ether oxygens (including phenoxy) is 1. The second kappa shape index (κ2) is 13.1. The van der Waals surface area contributed by atoms with Crippen LogP contribution in [0, 0.1) is 5.82 Å². The normalized spacial score (nSPS) is 10.4. The molecule has 0 aliphatic rings. The Balaban J connectivity index is 0.00000392. The maximum atomic E-state index is 13.0. The van der Waals surface area contributed by atoms with Gasteiger partial charge in [0.15, 0.2) is 5.78 Å². The molecular weight excluding hydrogens is 377 g/mol. The summed E-state index contributed by atoms with van der Waals surface area (Å²) in [6.07, 6.45) is 6.46. The Hall–Kier alpha value is -2.17. The molecule has 5 heteroatoms. The van der Waals surface area contributed by atoms with Crippen molar-refractivity contribution in [3.8, 4) is 5.75 Å². The van der Waals surface area contributed by atoms with Gasteiger partial charge in [-0.05, 0) is 75.0 Å². The average molecular weight is 406 g/mol. The number of likely N-dealkylation sites (N-methyl/N-ethyl adjacent to an activating group) is 1. The van der Waals surface area contributed by atoms with Gasteiger partial charge in [0, 0.05) is 17.7 Å². The Morgan fingerprint density at radius 1 is 1.00 bits per heavy atom. The Kier molecular flexibility index (Phi) is 11.2. The van der Waals surface area contributed by atoms with Gasteiger partial charge in [0.2, 0.25) is 0 Å². The molecule has 0 heterocycles. The van der Waals surface area contributed by atoms with Crippen molar-refractivity contribution >= 4 is 18.2 Å². The van der Waals surface area contributed by atoms with E-state index in [-0.39, 0.29) is 24.0 Å². The van der Waals surface area contributed by atoms with Crippen LogP contribution in [-0.2, 0) is 0 Å². The lowest BCUT2D eigenvalue weighted by Crippen LogP contribution is -2.19. The van der Waals surface area contributed by atoms with Crippen LogP contribution >= 0.6 is 12.4 Å². The molecule has 0 aliphatic carbocycles. The predicted molar refractivity (Wildman–Crippen MR) is 115 cm³/mol.